The van der Waals surface area contributed by atoms with E-state index in [2.05, 4.69) is 10.6 Å². The molecule has 2 aliphatic rings. The highest BCUT2D eigenvalue weighted by Crippen LogP contribution is 2.38. The number of piperidine rings is 1. The SMILES string of the molecule is COCC1(C(=O)[C@H](C)NC(=O)OC(C)(C)C)CCN(c2c(F)cc(N3CC(CNC(C)=O)OC3=O)cc2F)CC1. The average molecular weight is 569 g/mol. The van der Waals surface area contributed by atoms with Gasteiger partial charge in [-0.25, -0.2) is 18.4 Å². The molecule has 0 bridgehead atoms. The van der Waals surface area contributed by atoms with E-state index < -0.39 is 47.0 Å². The number of rotatable bonds is 9. The monoisotopic (exact) mass is 568 g/mol. The Morgan fingerprint density at radius 2 is 1.77 bits per heavy atom. The Bertz CT molecular complexity index is 1110. The van der Waals surface area contributed by atoms with Gasteiger partial charge < -0.3 is 29.7 Å². The smallest absolute Gasteiger partial charge is 0.414 e. The predicted molar refractivity (Wildman–Crippen MR) is 142 cm³/mol. The van der Waals surface area contributed by atoms with Crippen LogP contribution in [0.1, 0.15) is 47.5 Å². The van der Waals surface area contributed by atoms with Gasteiger partial charge in [0.15, 0.2) is 17.4 Å². The fourth-order valence-electron chi connectivity index (χ4n) is 5.01. The van der Waals surface area contributed by atoms with Gasteiger partial charge in [-0.3, -0.25) is 14.5 Å². The van der Waals surface area contributed by atoms with E-state index in [1.54, 1.807) is 27.7 Å². The van der Waals surface area contributed by atoms with Gasteiger partial charge in [0.05, 0.1) is 36.8 Å². The van der Waals surface area contributed by atoms with Crippen molar-refractivity contribution in [2.45, 2.75) is 65.2 Å². The summed E-state index contributed by atoms with van der Waals surface area (Å²) in [5, 5.41) is 5.11. The van der Waals surface area contributed by atoms with Crippen molar-refractivity contribution in [2.75, 3.05) is 49.7 Å². The lowest BCUT2D eigenvalue weighted by atomic mass is 9.73. The number of carbonyl (C=O) groups excluding carboxylic acids is 4. The Balaban J connectivity index is 1.70. The summed E-state index contributed by atoms with van der Waals surface area (Å²) in [7, 11) is 1.47. The minimum atomic E-state index is -0.963. The maximum absolute atomic E-state index is 15.3. The average Bonchev–Trinajstić information content (AvgIpc) is 3.22. The highest BCUT2D eigenvalue weighted by molar-refractivity contribution is 5.92. The van der Waals surface area contributed by atoms with Gasteiger partial charge in [0.2, 0.25) is 5.91 Å². The summed E-state index contributed by atoms with van der Waals surface area (Å²) in [6.45, 7) is 8.56. The van der Waals surface area contributed by atoms with Crippen molar-refractivity contribution in [1.29, 1.82) is 0 Å². The van der Waals surface area contributed by atoms with Gasteiger partial charge in [-0.1, -0.05) is 0 Å². The Morgan fingerprint density at radius 3 is 2.30 bits per heavy atom. The van der Waals surface area contributed by atoms with Crippen LogP contribution in [0, 0.1) is 17.0 Å². The van der Waals surface area contributed by atoms with E-state index in [9.17, 15) is 19.2 Å². The van der Waals surface area contributed by atoms with Gasteiger partial charge in [-0.2, -0.15) is 0 Å². The number of alkyl carbamates (subject to hydrolysis) is 1. The van der Waals surface area contributed by atoms with E-state index in [1.807, 2.05) is 0 Å². The highest BCUT2D eigenvalue weighted by atomic mass is 19.1. The molecule has 13 heteroatoms. The molecule has 0 aliphatic carbocycles. The second kappa shape index (κ2) is 12.4. The van der Waals surface area contributed by atoms with Crippen LogP contribution in [0.4, 0.5) is 29.7 Å². The molecule has 0 saturated carbocycles. The van der Waals surface area contributed by atoms with Gasteiger partial charge in [-0.15, -0.1) is 0 Å². The zero-order valence-corrected chi connectivity index (χ0v) is 23.8. The lowest BCUT2D eigenvalue weighted by molar-refractivity contribution is -0.135. The second-order valence-corrected chi connectivity index (χ2v) is 11.2. The molecule has 0 radical (unpaired) electrons. The van der Waals surface area contributed by atoms with E-state index >= 15 is 8.78 Å². The van der Waals surface area contributed by atoms with Crippen LogP contribution in [0.3, 0.4) is 0 Å². The van der Waals surface area contributed by atoms with Crippen molar-refractivity contribution in [3.63, 3.8) is 0 Å². The Labute approximate surface area is 232 Å². The maximum atomic E-state index is 15.3. The molecule has 2 aliphatic heterocycles. The topological polar surface area (TPSA) is 127 Å². The van der Waals surface area contributed by atoms with E-state index in [4.69, 9.17) is 14.2 Å². The molecule has 1 aromatic rings. The van der Waals surface area contributed by atoms with Gasteiger partial charge in [0.25, 0.3) is 0 Å². The summed E-state index contributed by atoms with van der Waals surface area (Å²) in [6.07, 6.45) is -1.65. The summed E-state index contributed by atoms with van der Waals surface area (Å²) in [6, 6.07) is 1.27. The third-order valence-corrected chi connectivity index (χ3v) is 6.87. The molecule has 0 aromatic heterocycles. The minimum Gasteiger partial charge on any atom is -0.444 e. The first-order chi connectivity index (χ1) is 18.7. The summed E-state index contributed by atoms with van der Waals surface area (Å²) in [5.74, 6) is -2.27. The number of hydrogen-bond donors (Lipinski definition) is 2. The number of amides is 3. The van der Waals surface area contributed by atoms with E-state index in [-0.39, 0.29) is 68.7 Å². The molecule has 3 rings (SSSR count). The number of cyclic esters (lactones) is 1. The zero-order valence-electron chi connectivity index (χ0n) is 23.8. The molecule has 2 atom stereocenters. The van der Waals surface area contributed by atoms with Crippen LogP contribution >= 0.6 is 0 Å². The molecule has 2 fully saturated rings. The van der Waals surface area contributed by atoms with Crippen LogP contribution in [0.2, 0.25) is 0 Å². The number of hydrogen-bond acceptors (Lipinski definition) is 8. The molecule has 222 valence electrons. The number of methoxy groups -OCH3 is 1. The molecule has 0 spiro atoms. The summed E-state index contributed by atoms with van der Waals surface area (Å²) in [5.41, 5.74) is -1.95. The predicted octanol–water partition coefficient (Wildman–Crippen LogP) is 3.14. The number of ketones is 1. The largest absolute Gasteiger partial charge is 0.444 e. The van der Waals surface area contributed by atoms with Crippen LogP contribution in [0.25, 0.3) is 0 Å². The van der Waals surface area contributed by atoms with Crippen molar-refractivity contribution in [3.05, 3.63) is 23.8 Å². The first-order valence-corrected chi connectivity index (χ1v) is 13.1. The van der Waals surface area contributed by atoms with E-state index in [0.29, 0.717) is 0 Å². The fraction of sp³-hybridized carbons (Fsp3) is 0.630. The van der Waals surface area contributed by atoms with E-state index in [0.717, 1.165) is 17.0 Å². The van der Waals surface area contributed by atoms with Crippen LogP contribution in [0.5, 0.6) is 0 Å². The van der Waals surface area contributed by atoms with Crippen LogP contribution in [0.15, 0.2) is 12.1 Å². The lowest BCUT2D eigenvalue weighted by Crippen LogP contribution is -2.54. The second-order valence-electron chi connectivity index (χ2n) is 11.2. The number of anilines is 2. The number of Topliss-reactive ketones (excluding diaryl/α,β-unsaturated/α-hetero) is 1. The molecule has 2 saturated heterocycles. The summed E-state index contributed by atoms with van der Waals surface area (Å²) < 4.78 is 46.3. The van der Waals surface area contributed by atoms with Gasteiger partial charge >= 0.3 is 12.2 Å². The lowest BCUT2D eigenvalue weighted by Gasteiger charge is -2.42. The molecular weight excluding hydrogens is 530 g/mol. The van der Waals surface area contributed by atoms with Crippen molar-refractivity contribution in [1.82, 2.24) is 10.6 Å². The number of nitrogens with zero attached hydrogens (tertiary/aromatic N) is 2. The van der Waals surface area contributed by atoms with E-state index in [1.165, 1.54) is 18.9 Å². The Morgan fingerprint density at radius 1 is 1.18 bits per heavy atom. The van der Waals surface area contributed by atoms with Crippen LogP contribution < -0.4 is 20.4 Å². The fourth-order valence-corrected chi connectivity index (χ4v) is 5.01. The summed E-state index contributed by atoms with van der Waals surface area (Å²) >= 11 is 0. The minimum absolute atomic E-state index is 0.00275. The first-order valence-electron chi connectivity index (χ1n) is 13.1. The first kappa shape index (κ1) is 31.1. The zero-order chi connectivity index (χ0) is 29.8. The Hall–Kier alpha value is -3.48. The Kier molecular flexibility index (Phi) is 9.60. The molecule has 2 heterocycles. The number of nitrogens with one attached hydrogen (secondary N) is 2. The van der Waals surface area contributed by atoms with Gasteiger partial charge in [0, 0.05) is 39.3 Å². The maximum Gasteiger partial charge on any atom is 0.414 e. The molecule has 40 heavy (non-hydrogen) atoms. The van der Waals surface area contributed by atoms with Gasteiger partial charge in [0.1, 0.15) is 17.4 Å². The normalized spacial score (nSPS) is 19.6. The number of carbonyl (C=O) groups is 4. The quantitative estimate of drug-likeness (QED) is 0.465. The third-order valence-electron chi connectivity index (χ3n) is 6.87. The molecule has 11 nitrogen and oxygen atoms in total. The molecule has 3 amide bonds. The number of benzene rings is 1. The summed E-state index contributed by atoms with van der Waals surface area (Å²) in [4.78, 5) is 51.7. The van der Waals surface area contributed by atoms with Crippen molar-refractivity contribution >= 4 is 35.3 Å². The van der Waals surface area contributed by atoms with Crippen molar-refractivity contribution in [3.8, 4) is 0 Å². The van der Waals surface area contributed by atoms with Crippen molar-refractivity contribution in [2.24, 2.45) is 5.41 Å². The molecular formula is C27H38F2N4O7. The standard InChI is InChI=1S/C27H38F2N4O7/c1-16(31-24(36)40-26(3,4)5)23(35)27(15-38-6)7-9-32(10-8-27)22-20(28)11-18(12-21(22)29)33-14-19(39-25(33)37)13-30-17(2)34/h11-12,16,19H,7-10,13-15H2,1-6H3,(H,30,34)(H,31,36)/t16-,19?/m0/s1. The molecule has 2 N–H and O–H groups in total. The molecule has 1 aromatic carbocycles. The molecule has 1 unspecified atom stereocenters. The third kappa shape index (κ3) is 7.38. The number of ether oxygens (including phenoxy) is 3. The van der Waals surface area contributed by atoms with Gasteiger partial charge in [-0.05, 0) is 40.5 Å². The number of halogens is 2. The van der Waals surface area contributed by atoms with Crippen molar-refractivity contribution < 1.29 is 42.2 Å². The van der Waals surface area contributed by atoms with Crippen LogP contribution in [-0.4, -0.2) is 81.5 Å². The highest BCUT2D eigenvalue weighted by Gasteiger charge is 2.44. The van der Waals surface area contributed by atoms with Crippen LogP contribution in [-0.2, 0) is 23.8 Å².